The number of ether oxygens (including phenoxy) is 1. The number of amides is 1. The summed E-state index contributed by atoms with van der Waals surface area (Å²) in [6.07, 6.45) is 1.54. The highest BCUT2D eigenvalue weighted by atomic mass is 79.9. The molecule has 0 bridgehead atoms. The van der Waals surface area contributed by atoms with Gasteiger partial charge < -0.3 is 15.4 Å². The number of anilines is 3. The van der Waals surface area contributed by atoms with Gasteiger partial charge in [-0.1, -0.05) is 22.0 Å². The van der Waals surface area contributed by atoms with E-state index in [1.54, 1.807) is 19.2 Å². The van der Waals surface area contributed by atoms with Crippen molar-refractivity contribution in [2.24, 2.45) is 0 Å². The average Bonchev–Trinajstić information content (AvgIpc) is 2.64. The number of methoxy groups -OCH3 is 1. The molecule has 25 heavy (non-hydrogen) atoms. The predicted octanol–water partition coefficient (Wildman–Crippen LogP) is 4.85. The van der Waals surface area contributed by atoms with E-state index in [4.69, 9.17) is 4.74 Å². The van der Waals surface area contributed by atoms with Crippen LogP contribution < -0.4 is 15.4 Å². The average molecular weight is 398 g/mol. The molecule has 0 spiro atoms. The molecule has 0 atom stereocenters. The molecule has 2 aromatic carbocycles. The number of benzene rings is 2. The van der Waals surface area contributed by atoms with Crippen LogP contribution in [0, 0.1) is 0 Å². The summed E-state index contributed by atoms with van der Waals surface area (Å²) in [6, 6.07) is 18.4. The van der Waals surface area contributed by atoms with Crippen LogP contribution in [0.3, 0.4) is 0 Å². The fourth-order valence-electron chi connectivity index (χ4n) is 2.19. The zero-order valence-electron chi connectivity index (χ0n) is 13.5. The summed E-state index contributed by atoms with van der Waals surface area (Å²) in [6.45, 7) is 0. The second kappa shape index (κ2) is 7.81. The summed E-state index contributed by atoms with van der Waals surface area (Å²) in [5.74, 6) is 1.20. The zero-order valence-corrected chi connectivity index (χ0v) is 15.1. The molecular weight excluding hydrogens is 382 g/mol. The van der Waals surface area contributed by atoms with Crippen LogP contribution in [0.5, 0.6) is 5.75 Å². The van der Waals surface area contributed by atoms with Crippen molar-refractivity contribution in [3.8, 4) is 5.75 Å². The molecule has 6 heteroatoms. The fourth-order valence-corrected chi connectivity index (χ4v) is 2.45. The van der Waals surface area contributed by atoms with Crippen LogP contribution in [-0.4, -0.2) is 18.0 Å². The second-order valence-corrected chi connectivity index (χ2v) is 6.17. The van der Waals surface area contributed by atoms with Gasteiger partial charge in [-0.3, -0.25) is 4.79 Å². The first-order chi connectivity index (χ1) is 12.1. The highest BCUT2D eigenvalue weighted by Crippen LogP contribution is 2.20. The third kappa shape index (κ3) is 4.58. The molecule has 0 fully saturated rings. The van der Waals surface area contributed by atoms with Crippen molar-refractivity contribution in [2.75, 3.05) is 17.7 Å². The lowest BCUT2D eigenvalue weighted by molar-refractivity contribution is 0.102. The van der Waals surface area contributed by atoms with Gasteiger partial charge in [0.25, 0.3) is 5.91 Å². The molecule has 1 heterocycles. The second-order valence-electron chi connectivity index (χ2n) is 5.25. The monoisotopic (exact) mass is 397 g/mol. The van der Waals surface area contributed by atoms with Crippen LogP contribution >= 0.6 is 15.9 Å². The lowest BCUT2D eigenvalue weighted by atomic mass is 10.2. The Bertz CT molecular complexity index is 865. The van der Waals surface area contributed by atoms with Gasteiger partial charge in [0.15, 0.2) is 0 Å². The highest BCUT2D eigenvalue weighted by molar-refractivity contribution is 9.10. The van der Waals surface area contributed by atoms with Gasteiger partial charge >= 0.3 is 0 Å². The van der Waals surface area contributed by atoms with E-state index in [0.29, 0.717) is 11.4 Å². The summed E-state index contributed by atoms with van der Waals surface area (Å²) < 4.78 is 6.15. The number of carbonyl (C=O) groups excluding carboxylic acids is 1. The molecule has 2 N–H and O–H groups in total. The molecule has 126 valence electrons. The van der Waals surface area contributed by atoms with Crippen molar-refractivity contribution in [1.82, 2.24) is 4.98 Å². The summed E-state index contributed by atoms with van der Waals surface area (Å²) in [4.78, 5) is 16.5. The third-order valence-corrected chi connectivity index (χ3v) is 4.00. The van der Waals surface area contributed by atoms with Crippen molar-refractivity contribution < 1.29 is 9.53 Å². The van der Waals surface area contributed by atoms with Gasteiger partial charge in [-0.2, -0.15) is 0 Å². The van der Waals surface area contributed by atoms with Gasteiger partial charge in [0.05, 0.1) is 12.7 Å². The van der Waals surface area contributed by atoms with E-state index < -0.39 is 0 Å². The molecule has 0 saturated heterocycles. The number of pyridine rings is 1. The zero-order chi connectivity index (χ0) is 17.6. The van der Waals surface area contributed by atoms with Crippen molar-refractivity contribution >= 4 is 39.0 Å². The number of halogens is 1. The largest absolute Gasteiger partial charge is 0.497 e. The number of nitrogens with zero attached hydrogens (tertiary/aromatic N) is 1. The minimum atomic E-state index is -0.206. The number of aromatic nitrogens is 1. The maximum Gasteiger partial charge on any atom is 0.257 e. The lowest BCUT2D eigenvalue weighted by Gasteiger charge is -2.08. The van der Waals surface area contributed by atoms with Gasteiger partial charge in [-0.25, -0.2) is 4.98 Å². The van der Waals surface area contributed by atoms with Crippen LogP contribution in [0.2, 0.25) is 0 Å². The van der Waals surface area contributed by atoms with E-state index in [9.17, 15) is 4.79 Å². The SMILES string of the molecule is COc1cccc(Nc2ccc(C(=O)Nc3ccc(Br)cc3)cn2)c1. The molecule has 1 amide bonds. The molecule has 5 nitrogen and oxygen atoms in total. The molecule has 3 rings (SSSR count). The van der Waals surface area contributed by atoms with E-state index in [1.165, 1.54) is 6.20 Å². The Kier molecular flexibility index (Phi) is 5.30. The standard InChI is InChI=1S/C19H16BrN3O2/c1-25-17-4-2-3-16(11-17)22-18-10-5-13(12-21-18)19(24)23-15-8-6-14(20)7-9-15/h2-12H,1H3,(H,21,22)(H,23,24). The van der Waals surface area contributed by atoms with E-state index in [2.05, 4.69) is 31.5 Å². The van der Waals surface area contributed by atoms with Crippen molar-refractivity contribution in [1.29, 1.82) is 0 Å². The van der Waals surface area contributed by atoms with Crippen LogP contribution in [0.4, 0.5) is 17.2 Å². The fraction of sp³-hybridized carbons (Fsp3) is 0.0526. The minimum Gasteiger partial charge on any atom is -0.497 e. The Morgan fingerprint density at radius 1 is 1.04 bits per heavy atom. The lowest BCUT2D eigenvalue weighted by Crippen LogP contribution is -2.12. The first-order valence-corrected chi connectivity index (χ1v) is 8.37. The number of rotatable bonds is 5. The molecule has 1 aromatic heterocycles. The topological polar surface area (TPSA) is 63.2 Å². The Balaban J connectivity index is 1.66. The molecule has 0 aliphatic heterocycles. The molecule has 0 saturated carbocycles. The molecule has 3 aromatic rings. The number of nitrogens with one attached hydrogen (secondary N) is 2. The Hall–Kier alpha value is -2.86. The van der Waals surface area contributed by atoms with Gasteiger partial charge in [0.1, 0.15) is 11.6 Å². The van der Waals surface area contributed by atoms with Crippen LogP contribution in [0.25, 0.3) is 0 Å². The number of hydrogen-bond acceptors (Lipinski definition) is 4. The van der Waals surface area contributed by atoms with Gasteiger partial charge in [0.2, 0.25) is 0 Å². The van der Waals surface area contributed by atoms with E-state index in [-0.39, 0.29) is 5.91 Å². The molecular formula is C19H16BrN3O2. The van der Waals surface area contributed by atoms with Gasteiger partial charge in [-0.05, 0) is 48.5 Å². The van der Waals surface area contributed by atoms with Crippen LogP contribution in [-0.2, 0) is 0 Å². The molecule has 0 aliphatic carbocycles. The Morgan fingerprint density at radius 3 is 2.52 bits per heavy atom. The summed E-state index contributed by atoms with van der Waals surface area (Å²) in [5.41, 5.74) is 2.07. The van der Waals surface area contributed by atoms with E-state index in [0.717, 1.165) is 21.6 Å². The quantitative estimate of drug-likeness (QED) is 0.645. The molecule has 0 radical (unpaired) electrons. The minimum absolute atomic E-state index is 0.206. The van der Waals surface area contributed by atoms with Gasteiger partial charge in [-0.15, -0.1) is 0 Å². The summed E-state index contributed by atoms with van der Waals surface area (Å²) in [7, 11) is 1.62. The Labute approximate surface area is 154 Å². The summed E-state index contributed by atoms with van der Waals surface area (Å²) in [5, 5.41) is 6.01. The van der Waals surface area contributed by atoms with Gasteiger partial charge in [0, 0.05) is 28.1 Å². The van der Waals surface area contributed by atoms with Crippen LogP contribution in [0.1, 0.15) is 10.4 Å². The maximum absolute atomic E-state index is 12.3. The van der Waals surface area contributed by atoms with Crippen molar-refractivity contribution in [3.63, 3.8) is 0 Å². The Morgan fingerprint density at radius 2 is 1.84 bits per heavy atom. The molecule has 0 aliphatic rings. The first kappa shape index (κ1) is 17.0. The van der Waals surface area contributed by atoms with E-state index in [1.807, 2.05) is 48.5 Å². The van der Waals surface area contributed by atoms with Crippen molar-refractivity contribution in [2.45, 2.75) is 0 Å². The smallest absolute Gasteiger partial charge is 0.257 e. The normalized spacial score (nSPS) is 10.2. The van der Waals surface area contributed by atoms with Crippen LogP contribution in [0.15, 0.2) is 71.3 Å². The molecule has 0 unspecified atom stereocenters. The number of hydrogen-bond donors (Lipinski definition) is 2. The first-order valence-electron chi connectivity index (χ1n) is 7.58. The summed E-state index contributed by atoms with van der Waals surface area (Å²) >= 11 is 3.36. The predicted molar refractivity (Wildman–Crippen MR) is 103 cm³/mol. The third-order valence-electron chi connectivity index (χ3n) is 3.47. The van der Waals surface area contributed by atoms with E-state index >= 15 is 0 Å². The maximum atomic E-state index is 12.3. The van der Waals surface area contributed by atoms with Crippen molar-refractivity contribution in [3.05, 3.63) is 76.9 Å². The highest BCUT2D eigenvalue weighted by Gasteiger charge is 2.07. The number of carbonyl (C=O) groups is 1.